The third kappa shape index (κ3) is 4.71. The summed E-state index contributed by atoms with van der Waals surface area (Å²) >= 11 is 0. The molecular formula is C21H26F3N3O3. The van der Waals surface area contributed by atoms with Gasteiger partial charge >= 0.3 is 12.2 Å². The highest BCUT2D eigenvalue weighted by Crippen LogP contribution is 2.30. The zero-order chi connectivity index (χ0) is 21.3. The van der Waals surface area contributed by atoms with Gasteiger partial charge in [0.25, 0.3) is 0 Å². The Morgan fingerprint density at radius 3 is 2.40 bits per heavy atom. The van der Waals surface area contributed by atoms with Crippen molar-refractivity contribution in [1.29, 1.82) is 0 Å². The van der Waals surface area contributed by atoms with Crippen molar-refractivity contribution in [1.82, 2.24) is 15.1 Å². The van der Waals surface area contributed by atoms with Gasteiger partial charge in [0.15, 0.2) is 0 Å². The summed E-state index contributed by atoms with van der Waals surface area (Å²) < 4.78 is 43.6. The first-order valence-corrected chi connectivity index (χ1v) is 10.4. The largest absolute Gasteiger partial charge is 0.416 e. The second-order valence-corrected chi connectivity index (χ2v) is 8.37. The summed E-state index contributed by atoms with van der Waals surface area (Å²) in [5, 5.41) is 2.91. The van der Waals surface area contributed by atoms with E-state index < -0.39 is 11.7 Å². The van der Waals surface area contributed by atoms with Gasteiger partial charge < -0.3 is 19.9 Å². The lowest BCUT2D eigenvalue weighted by Crippen LogP contribution is -2.62. The summed E-state index contributed by atoms with van der Waals surface area (Å²) in [5.41, 5.74) is 0.262. The number of halogens is 3. The average Bonchev–Trinajstić information content (AvgIpc) is 2.73. The minimum absolute atomic E-state index is 0.0127. The van der Waals surface area contributed by atoms with Gasteiger partial charge in [-0.1, -0.05) is 12.1 Å². The molecule has 1 N–H and O–H groups in total. The molecule has 3 saturated heterocycles. The topological polar surface area (TPSA) is 61.9 Å². The van der Waals surface area contributed by atoms with E-state index in [0.29, 0.717) is 38.5 Å². The quantitative estimate of drug-likeness (QED) is 0.793. The van der Waals surface area contributed by atoms with Crippen LogP contribution >= 0.6 is 0 Å². The third-order valence-electron chi connectivity index (χ3n) is 6.29. The van der Waals surface area contributed by atoms with Crippen LogP contribution in [0.4, 0.5) is 18.0 Å². The number of urea groups is 1. The number of carbonyl (C=O) groups excluding carboxylic acids is 2. The molecule has 2 atom stereocenters. The number of amides is 3. The SMILES string of the molecule is O=C1COC2CCN(C(=O)N3CCC(Cc4ccc(C(F)(F)F)cc4)CC3)CC2N1. The smallest absolute Gasteiger partial charge is 0.366 e. The molecule has 4 rings (SSSR count). The van der Waals surface area contributed by atoms with Crippen molar-refractivity contribution in [3.05, 3.63) is 35.4 Å². The summed E-state index contributed by atoms with van der Waals surface area (Å²) in [6.45, 7) is 2.43. The minimum Gasteiger partial charge on any atom is -0.366 e. The van der Waals surface area contributed by atoms with E-state index in [-0.39, 0.29) is 30.7 Å². The summed E-state index contributed by atoms with van der Waals surface area (Å²) in [6, 6.07) is 5.19. The van der Waals surface area contributed by atoms with Crippen LogP contribution in [0, 0.1) is 5.92 Å². The Balaban J connectivity index is 1.26. The van der Waals surface area contributed by atoms with Crippen LogP contribution in [0.1, 0.15) is 30.4 Å². The Kier molecular flexibility index (Phi) is 5.90. The summed E-state index contributed by atoms with van der Waals surface area (Å²) in [6.07, 6.45) is -1.26. The Hall–Kier alpha value is -2.29. The normalized spacial score (nSPS) is 25.6. The van der Waals surface area contributed by atoms with Gasteiger partial charge in [0, 0.05) is 26.2 Å². The van der Waals surface area contributed by atoms with E-state index in [4.69, 9.17) is 4.74 Å². The van der Waals surface area contributed by atoms with Crippen LogP contribution in [0.3, 0.4) is 0 Å². The molecule has 1 aromatic rings. The fourth-order valence-corrected chi connectivity index (χ4v) is 4.57. The molecule has 6 nitrogen and oxygen atoms in total. The number of benzene rings is 1. The van der Waals surface area contributed by atoms with Gasteiger partial charge in [-0.15, -0.1) is 0 Å². The van der Waals surface area contributed by atoms with Gasteiger partial charge in [0.2, 0.25) is 5.91 Å². The van der Waals surface area contributed by atoms with Crippen molar-refractivity contribution in [3.8, 4) is 0 Å². The lowest BCUT2D eigenvalue weighted by Gasteiger charge is -2.43. The van der Waals surface area contributed by atoms with Crippen LogP contribution in [0.2, 0.25) is 0 Å². The van der Waals surface area contributed by atoms with Crippen LogP contribution in [-0.4, -0.2) is 66.7 Å². The van der Waals surface area contributed by atoms with E-state index in [9.17, 15) is 22.8 Å². The minimum atomic E-state index is -4.31. The van der Waals surface area contributed by atoms with Crippen LogP contribution in [0.15, 0.2) is 24.3 Å². The number of likely N-dealkylation sites (tertiary alicyclic amines) is 2. The number of fused-ring (bicyclic) bond motifs is 1. The van der Waals surface area contributed by atoms with Crippen molar-refractivity contribution in [3.63, 3.8) is 0 Å². The first-order chi connectivity index (χ1) is 14.3. The Morgan fingerprint density at radius 1 is 1.07 bits per heavy atom. The lowest BCUT2D eigenvalue weighted by atomic mass is 9.90. The number of ether oxygens (including phenoxy) is 1. The molecule has 0 saturated carbocycles. The summed E-state index contributed by atoms with van der Waals surface area (Å²) in [7, 11) is 0. The molecule has 3 heterocycles. The van der Waals surface area contributed by atoms with Crippen molar-refractivity contribution in [2.24, 2.45) is 5.92 Å². The van der Waals surface area contributed by atoms with Gasteiger partial charge in [-0.05, 0) is 49.3 Å². The molecule has 3 aliphatic heterocycles. The number of hydrogen-bond acceptors (Lipinski definition) is 3. The number of morpholine rings is 1. The molecule has 30 heavy (non-hydrogen) atoms. The van der Waals surface area contributed by atoms with E-state index in [0.717, 1.165) is 37.0 Å². The second kappa shape index (κ2) is 8.45. The van der Waals surface area contributed by atoms with E-state index in [1.807, 2.05) is 4.90 Å². The molecule has 164 valence electrons. The van der Waals surface area contributed by atoms with Gasteiger partial charge in [0.1, 0.15) is 6.61 Å². The number of piperidine rings is 2. The van der Waals surface area contributed by atoms with E-state index in [1.165, 1.54) is 0 Å². The standard InChI is InChI=1S/C21H26F3N3O3/c22-21(23,24)16-3-1-14(2-4-16)11-15-5-8-26(9-6-15)20(29)27-10-7-18-17(12-27)25-19(28)13-30-18/h1-4,15,17-18H,5-13H2,(H,25,28). The number of nitrogens with one attached hydrogen (secondary N) is 1. The highest BCUT2D eigenvalue weighted by Gasteiger charge is 2.38. The highest BCUT2D eigenvalue weighted by molar-refractivity contribution is 5.79. The third-order valence-corrected chi connectivity index (χ3v) is 6.29. The molecule has 0 aromatic heterocycles. The zero-order valence-corrected chi connectivity index (χ0v) is 16.7. The molecule has 0 bridgehead atoms. The van der Waals surface area contributed by atoms with Crippen LogP contribution < -0.4 is 5.32 Å². The molecule has 0 spiro atoms. The average molecular weight is 425 g/mol. The van der Waals surface area contributed by atoms with Crippen molar-refractivity contribution >= 4 is 11.9 Å². The Morgan fingerprint density at radius 2 is 1.73 bits per heavy atom. The molecule has 9 heteroatoms. The maximum atomic E-state index is 12.9. The Bertz CT molecular complexity index is 776. The number of carbonyl (C=O) groups is 2. The van der Waals surface area contributed by atoms with E-state index in [1.54, 1.807) is 17.0 Å². The molecule has 1 aromatic carbocycles. The van der Waals surface area contributed by atoms with E-state index >= 15 is 0 Å². The fraction of sp³-hybridized carbons (Fsp3) is 0.619. The summed E-state index contributed by atoms with van der Waals surface area (Å²) in [4.78, 5) is 28.1. The van der Waals surface area contributed by atoms with Gasteiger partial charge in [-0.25, -0.2) is 4.79 Å². The second-order valence-electron chi connectivity index (χ2n) is 8.37. The zero-order valence-electron chi connectivity index (χ0n) is 16.7. The molecule has 3 fully saturated rings. The van der Waals surface area contributed by atoms with Crippen molar-refractivity contribution in [2.45, 2.75) is 44.0 Å². The van der Waals surface area contributed by atoms with Gasteiger partial charge in [-0.2, -0.15) is 13.2 Å². The maximum Gasteiger partial charge on any atom is 0.416 e. The molecule has 3 amide bonds. The van der Waals surface area contributed by atoms with Crippen LogP contribution in [0.25, 0.3) is 0 Å². The Labute approximate surface area is 173 Å². The predicted octanol–water partition coefficient (Wildman–Crippen LogP) is 2.67. The monoisotopic (exact) mass is 425 g/mol. The number of alkyl halides is 3. The van der Waals surface area contributed by atoms with Gasteiger partial charge in [0.05, 0.1) is 17.7 Å². The fourth-order valence-electron chi connectivity index (χ4n) is 4.57. The summed E-state index contributed by atoms with van der Waals surface area (Å²) in [5.74, 6) is 0.206. The van der Waals surface area contributed by atoms with Crippen LogP contribution in [-0.2, 0) is 22.1 Å². The lowest BCUT2D eigenvalue weighted by molar-refractivity contribution is -0.140. The molecule has 3 aliphatic rings. The van der Waals surface area contributed by atoms with E-state index in [2.05, 4.69) is 5.32 Å². The van der Waals surface area contributed by atoms with Gasteiger partial charge in [-0.3, -0.25) is 4.79 Å². The molecule has 2 unspecified atom stereocenters. The van der Waals surface area contributed by atoms with Crippen molar-refractivity contribution in [2.75, 3.05) is 32.8 Å². The highest BCUT2D eigenvalue weighted by atomic mass is 19.4. The maximum absolute atomic E-state index is 12.9. The first kappa shape index (κ1) is 21.0. The molecule has 0 radical (unpaired) electrons. The number of rotatable bonds is 2. The predicted molar refractivity (Wildman–Crippen MR) is 103 cm³/mol. The molecular weight excluding hydrogens is 399 g/mol. The number of nitrogens with zero attached hydrogens (tertiary/aromatic N) is 2. The first-order valence-electron chi connectivity index (χ1n) is 10.4. The number of hydrogen-bond donors (Lipinski definition) is 1. The van der Waals surface area contributed by atoms with Crippen LogP contribution in [0.5, 0.6) is 0 Å². The van der Waals surface area contributed by atoms with Crippen molar-refractivity contribution < 1.29 is 27.5 Å². The molecule has 0 aliphatic carbocycles.